The largest absolute Gasteiger partial charge is 0.480 e. The van der Waals surface area contributed by atoms with Crippen molar-refractivity contribution in [2.45, 2.75) is 25.2 Å². The van der Waals surface area contributed by atoms with E-state index in [0.717, 1.165) is 6.42 Å². The predicted octanol–water partition coefficient (Wildman–Crippen LogP) is 1.29. The number of carboxylic acid groups (broad SMARTS) is 1. The van der Waals surface area contributed by atoms with E-state index >= 15 is 0 Å². The Morgan fingerprint density at radius 1 is 1.30 bits per heavy atom. The molecule has 6 nitrogen and oxygen atoms in total. The van der Waals surface area contributed by atoms with Crippen LogP contribution in [0.25, 0.3) is 0 Å². The highest BCUT2D eigenvalue weighted by Crippen LogP contribution is 2.25. The molecule has 0 radical (unpaired) electrons. The van der Waals surface area contributed by atoms with E-state index in [4.69, 9.17) is 5.11 Å². The first kappa shape index (κ1) is 16.5. The van der Waals surface area contributed by atoms with Gasteiger partial charge < -0.3 is 10.0 Å². The van der Waals surface area contributed by atoms with E-state index in [2.05, 4.69) is 4.72 Å². The minimum atomic E-state index is -3.62. The second-order valence-electron chi connectivity index (χ2n) is 4.28. The van der Waals surface area contributed by atoms with Crippen LogP contribution in [-0.4, -0.2) is 39.1 Å². The zero-order valence-electron chi connectivity index (χ0n) is 11.7. The summed E-state index contributed by atoms with van der Waals surface area (Å²) in [6.45, 7) is 4.14. The number of nitrogens with zero attached hydrogens (tertiary/aromatic N) is 1. The summed E-state index contributed by atoms with van der Waals surface area (Å²) in [6, 6.07) is 6.43. The van der Waals surface area contributed by atoms with E-state index in [1.54, 1.807) is 30.0 Å². The first-order valence-electron chi connectivity index (χ1n) is 6.47. The van der Waals surface area contributed by atoms with Crippen LogP contribution in [0.15, 0.2) is 29.2 Å². The Balaban J connectivity index is 3.25. The molecule has 1 aromatic carbocycles. The number of nitrogens with one attached hydrogen (secondary N) is 1. The third kappa shape index (κ3) is 4.21. The summed E-state index contributed by atoms with van der Waals surface area (Å²) in [7, 11) is -3.62. The summed E-state index contributed by atoms with van der Waals surface area (Å²) < 4.78 is 26.8. The van der Waals surface area contributed by atoms with Crippen molar-refractivity contribution < 1.29 is 18.3 Å². The van der Waals surface area contributed by atoms with Crippen molar-refractivity contribution in [2.75, 3.05) is 24.5 Å². The molecule has 2 N–H and O–H groups in total. The van der Waals surface area contributed by atoms with Crippen LogP contribution in [0.5, 0.6) is 0 Å². The maximum Gasteiger partial charge on any atom is 0.323 e. The highest BCUT2D eigenvalue weighted by Gasteiger charge is 2.21. The van der Waals surface area contributed by atoms with Crippen LogP contribution in [0.2, 0.25) is 0 Å². The Kier molecular flexibility index (Phi) is 5.97. The van der Waals surface area contributed by atoms with Gasteiger partial charge in [-0.25, -0.2) is 13.1 Å². The van der Waals surface area contributed by atoms with E-state index in [1.165, 1.54) is 6.07 Å². The van der Waals surface area contributed by atoms with Gasteiger partial charge in [-0.2, -0.15) is 0 Å². The maximum absolute atomic E-state index is 12.2. The number of hydrogen-bond donors (Lipinski definition) is 2. The van der Waals surface area contributed by atoms with Crippen LogP contribution in [0.1, 0.15) is 20.3 Å². The molecule has 0 heterocycles. The molecule has 0 saturated carbocycles. The van der Waals surface area contributed by atoms with E-state index in [1.807, 2.05) is 6.92 Å². The number of hydrogen-bond acceptors (Lipinski definition) is 4. The molecule has 0 fully saturated rings. The Hall–Kier alpha value is -1.60. The van der Waals surface area contributed by atoms with Crippen LogP contribution < -0.4 is 9.62 Å². The number of carbonyl (C=O) groups is 1. The average molecular weight is 300 g/mol. The van der Waals surface area contributed by atoms with Crippen molar-refractivity contribution in [2.24, 2.45) is 0 Å². The Labute approximate surface area is 119 Å². The molecule has 0 unspecified atom stereocenters. The minimum absolute atomic E-state index is 0.108. The molecule has 0 spiro atoms. The van der Waals surface area contributed by atoms with Crippen molar-refractivity contribution in [1.29, 1.82) is 0 Å². The molecule has 0 bridgehead atoms. The summed E-state index contributed by atoms with van der Waals surface area (Å²) in [6.07, 6.45) is 0.725. The lowest BCUT2D eigenvalue weighted by atomic mass is 10.2. The summed E-state index contributed by atoms with van der Waals surface area (Å²) in [4.78, 5) is 12.6. The Morgan fingerprint density at radius 2 is 1.95 bits per heavy atom. The molecule has 0 atom stereocenters. The number of aliphatic carboxylic acids is 1. The molecule has 0 aliphatic heterocycles. The van der Waals surface area contributed by atoms with Crippen LogP contribution in [0, 0.1) is 0 Å². The molecule has 20 heavy (non-hydrogen) atoms. The van der Waals surface area contributed by atoms with Gasteiger partial charge >= 0.3 is 5.97 Å². The fraction of sp³-hybridized carbons (Fsp3) is 0.462. The number of carboxylic acids is 1. The van der Waals surface area contributed by atoms with E-state index in [0.29, 0.717) is 12.2 Å². The van der Waals surface area contributed by atoms with Gasteiger partial charge in [0, 0.05) is 13.1 Å². The molecule has 0 saturated heterocycles. The number of sulfonamides is 1. The fourth-order valence-electron chi connectivity index (χ4n) is 1.93. The van der Waals surface area contributed by atoms with Gasteiger partial charge in [0.25, 0.3) is 0 Å². The highest BCUT2D eigenvalue weighted by atomic mass is 32.2. The minimum Gasteiger partial charge on any atom is -0.480 e. The third-order valence-corrected chi connectivity index (χ3v) is 4.24. The van der Waals surface area contributed by atoms with Crippen LogP contribution in [0.4, 0.5) is 5.69 Å². The van der Waals surface area contributed by atoms with Crippen LogP contribution in [-0.2, 0) is 14.8 Å². The second kappa shape index (κ2) is 7.25. The van der Waals surface area contributed by atoms with Gasteiger partial charge in [-0.3, -0.25) is 4.79 Å². The molecule has 0 aromatic heterocycles. The summed E-state index contributed by atoms with van der Waals surface area (Å²) in [5.41, 5.74) is 0.415. The standard InChI is InChI=1S/C13H20N2O4S/c1-3-9-15(10-13(16)17)11-7-5-6-8-12(11)20(18,19)14-4-2/h5-8,14H,3-4,9-10H2,1-2H3,(H,16,17). The van der Waals surface area contributed by atoms with Crippen molar-refractivity contribution in [3.63, 3.8) is 0 Å². The SMILES string of the molecule is CCCN(CC(=O)O)c1ccccc1S(=O)(=O)NCC. The van der Waals surface area contributed by atoms with Crippen molar-refractivity contribution in [3.05, 3.63) is 24.3 Å². The average Bonchev–Trinajstić information content (AvgIpc) is 2.38. The number of benzene rings is 1. The molecule has 0 aliphatic rings. The van der Waals surface area contributed by atoms with Gasteiger partial charge in [-0.1, -0.05) is 26.0 Å². The first-order chi connectivity index (χ1) is 9.42. The molecule has 7 heteroatoms. The van der Waals surface area contributed by atoms with Crippen molar-refractivity contribution in [1.82, 2.24) is 4.72 Å². The number of para-hydroxylation sites is 1. The zero-order chi connectivity index (χ0) is 15.2. The predicted molar refractivity (Wildman–Crippen MR) is 77.4 cm³/mol. The lowest BCUT2D eigenvalue weighted by Crippen LogP contribution is -2.33. The summed E-state index contributed by atoms with van der Waals surface area (Å²) in [5, 5.41) is 8.96. The summed E-state index contributed by atoms with van der Waals surface area (Å²) in [5.74, 6) is -0.992. The second-order valence-corrected chi connectivity index (χ2v) is 6.02. The van der Waals surface area contributed by atoms with Crippen LogP contribution >= 0.6 is 0 Å². The quantitative estimate of drug-likeness (QED) is 0.755. The van der Waals surface area contributed by atoms with Gasteiger partial charge in [0.15, 0.2) is 0 Å². The van der Waals surface area contributed by atoms with Gasteiger partial charge in [-0.05, 0) is 18.6 Å². The molecular weight excluding hydrogens is 280 g/mol. The van der Waals surface area contributed by atoms with E-state index in [9.17, 15) is 13.2 Å². The van der Waals surface area contributed by atoms with Gasteiger partial charge in [0.2, 0.25) is 10.0 Å². The lowest BCUT2D eigenvalue weighted by Gasteiger charge is -2.24. The third-order valence-electron chi connectivity index (χ3n) is 2.65. The monoisotopic (exact) mass is 300 g/mol. The molecule has 0 aliphatic carbocycles. The fourth-order valence-corrected chi connectivity index (χ4v) is 3.20. The topological polar surface area (TPSA) is 86.7 Å². The van der Waals surface area contributed by atoms with E-state index in [-0.39, 0.29) is 18.0 Å². The summed E-state index contributed by atoms with van der Waals surface area (Å²) >= 11 is 0. The maximum atomic E-state index is 12.2. The molecule has 1 rings (SSSR count). The van der Waals surface area contributed by atoms with Gasteiger partial charge in [0.1, 0.15) is 11.4 Å². The van der Waals surface area contributed by atoms with Crippen molar-refractivity contribution >= 4 is 21.7 Å². The molecular formula is C13H20N2O4S. The molecule has 112 valence electrons. The van der Waals surface area contributed by atoms with Crippen molar-refractivity contribution in [3.8, 4) is 0 Å². The van der Waals surface area contributed by atoms with E-state index < -0.39 is 16.0 Å². The smallest absolute Gasteiger partial charge is 0.323 e. The Bertz CT molecular complexity index is 557. The highest BCUT2D eigenvalue weighted by molar-refractivity contribution is 7.89. The molecule has 0 amide bonds. The normalized spacial score (nSPS) is 11.3. The zero-order valence-corrected chi connectivity index (χ0v) is 12.5. The van der Waals surface area contributed by atoms with Gasteiger partial charge in [0.05, 0.1) is 5.69 Å². The van der Waals surface area contributed by atoms with Crippen LogP contribution in [0.3, 0.4) is 0 Å². The Morgan fingerprint density at radius 3 is 2.50 bits per heavy atom. The first-order valence-corrected chi connectivity index (χ1v) is 7.96. The molecule has 1 aromatic rings. The number of rotatable bonds is 8. The number of anilines is 1. The van der Waals surface area contributed by atoms with Gasteiger partial charge in [-0.15, -0.1) is 0 Å². The lowest BCUT2D eigenvalue weighted by molar-refractivity contribution is -0.135.